The molecule has 0 aliphatic carbocycles. The van der Waals surface area contributed by atoms with Crippen LogP contribution in [0.3, 0.4) is 0 Å². The monoisotopic (exact) mass is 516 g/mol. The van der Waals surface area contributed by atoms with Gasteiger partial charge in [-0.15, -0.1) is 0 Å². The number of halogens is 1. The number of nitrogens with zero attached hydrogens (tertiary/aromatic N) is 5. The van der Waals surface area contributed by atoms with E-state index >= 15 is 4.39 Å². The van der Waals surface area contributed by atoms with Crippen LogP contribution in [-0.4, -0.2) is 35.1 Å². The summed E-state index contributed by atoms with van der Waals surface area (Å²) in [7, 11) is 0. The van der Waals surface area contributed by atoms with Gasteiger partial charge in [-0.25, -0.2) is 19.3 Å². The number of benzene rings is 1. The molecule has 0 bridgehead atoms. The second-order valence-electron chi connectivity index (χ2n) is 9.11. The third kappa shape index (κ3) is 4.22. The predicted octanol–water partition coefficient (Wildman–Crippen LogP) is 5.65. The fourth-order valence-corrected chi connectivity index (χ4v) is 4.69. The smallest absolute Gasteiger partial charge is 0.184 e. The normalized spacial score (nSPS) is 11.5. The zero-order valence-corrected chi connectivity index (χ0v) is 20.5. The highest BCUT2D eigenvalue weighted by molar-refractivity contribution is 5.96. The molecule has 6 aromatic heterocycles. The van der Waals surface area contributed by atoms with Gasteiger partial charge in [-0.2, -0.15) is 5.10 Å². The highest BCUT2D eigenvalue weighted by Crippen LogP contribution is 2.34. The van der Waals surface area contributed by atoms with Crippen LogP contribution in [0.5, 0.6) is 0 Å². The lowest BCUT2D eigenvalue weighted by Gasteiger charge is -2.08. The Hall–Kier alpha value is -5.22. The lowest BCUT2D eigenvalue weighted by molar-refractivity contribution is 0.568. The highest BCUT2D eigenvalue weighted by atomic mass is 19.1. The summed E-state index contributed by atoms with van der Waals surface area (Å²) in [5.74, 6) is -0.0470. The number of imidazole rings is 1. The van der Waals surface area contributed by atoms with Gasteiger partial charge in [-0.05, 0) is 29.3 Å². The Morgan fingerprint density at radius 3 is 2.64 bits per heavy atom. The first-order valence-electron chi connectivity index (χ1n) is 12.3. The Morgan fingerprint density at radius 1 is 0.872 bits per heavy atom. The maximum atomic E-state index is 16.1. The second-order valence-corrected chi connectivity index (χ2v) is 9.11. The Kier molecular flexibility index (Phi) is 5.64. The van der Waals surface area contributed by atoms with E-state index in [-0.39, 0.29) is 11.0 Å². The number of pyridine rings is 3. The van der Waals surface area contributed by atoms with Gasteiger partial charge in [0.2, 0.25) is 0 Å². The van der Waals surface area contributed by atoms with Crippen LogP contribution in [0.1, 0.15) is 11.1 Å². The molecule has 0 fully saturated rings. The Labute approximate surface area is 221 Å². The van der Waals surface area contributed by atoms with E-state index in [4.69, 9.17) is 4.42 Å². The molecule has 0 amide bonds. The van der Waals surface area contributed by atoms with Gasteiger partial charge in [0.1, 0.15) is 11.5 Å². The molecule has 0 saturated carbocycles. The average molecular weight is 517 g/mol. The van der Waals surface area contributed by atoms with Gasteiger partial charge in [-0.1, -0.05) is 30.3 Å². The third-order valence-corrected chi connectivity index (χ3v) is 6.59. The van der Waals surface area contributed by atoms with E-state index in [1.54, 1.807) is 31.1 Å². The summed E-state index contributed by atoms with van der Waals surface area (Å²) in [5, 5.41) is 10.8. The highest BCUT2D eigenvalue weighted by Gasteiger charge is 2.21. The third-order valence-electron chi connectivity index (χ3n) is 6.59. The van der Waals surface area contributed by atoms with E-state index in [2.05, 4.69) is 52.6 Å². The van der Waals surface area contributed by atoms with Crippen LogP contribution in [0.15, 0.2) is 90.3 Å². The molecule has 39 heavy (non-hydrogen) atoms. The maximum Gasteiger partial charge on any atom is 0.184 e. The standard InChI is InChI=1S/C29H21FN8O/c30-24-22(20-10-18(13-32-14-20)12-31-11-17-4-2-1-3-5-17)15-34-27-23(24)26(37-38-27)29-35-25-21(19-7-9-39-16-19)6-8-33-28(25)36-29/h1-10,13-16,31H,11-12H2,(H,33,35,36)(H,34,37,38). The van der Waals surface area contributed by atoms with E-state index in [1.165, 1.54) is 11.8 Å². The lowest BCUT2D eigenvalue weighted by atomic mass is 10.1. The van der Waals surface area contributed by atoms with Crippen molar-refractivity contribution in [3.63, 3.8) is 0 Å². The number of hydrogen-bond acceptors (Lipinski definition) is 7. The van der Waals surface area contributed by atoms with Gasteiger partial charge < -0.3 is 14.7 Å². The van der Waals surface area contributed by atoms with Crippen LogP contribution in [0.25, 0.3) is 56.0 Å². The van der Waals surface area contributed by atoms with Crippen LogP contribution in [-0.2, 0) is 13.1 Å². The van der Waals surface area contributed by atoms with Crippen molar-refractivity contribution in [3.05, 3.63) is 103 Å². The molecule has 7 aromatic rings. The van der Waals surface area contributed by atoms with Crippen LogP contribution in [0, 0.1) is 5.82 Å². The number of nitrogens with one attached hydrogen (secondary N) is 3. The Bertz CT molecular complexity index is 1910. The van der Waals surface area contributed by atoms with Crippen molar-refractivity contribution >= 4 is 22.2 Å². The van der Waals surface area contributed by atoms with Crippen molar-refractivity contribution in [2.45, 2.75) is 13.1 Å². The van der Waals surface area contributed by atoms with Crippen molar-refractivity contribution in [2.75, 3.05) is 0 Å². The van der Waals surface area contributed by atoms with E-state index in [9.17, 15) is 0 Å². The van der Waals surface area contributed by atoms with Gasteiger partial charge >= 0.3 is 0 Å². The number of H-pyrrole nitrogens is 2. The molecular formula is C29H21FN8O. The molecule has 7 rings (SSSR count). The van der Waals surface area contributed by atoms with Gasteiger partial charge in [0.15, 0.2) is 17.1 Å². The minimum absolute atomic E-state index is 0.240. The topological polar surface area (TPSA) is 121 Å². The van der Waals surface area contributed by atoms with Crippen LogP contribution >= 0.6 is 0 Å². The van der Waals surface area contributed by atoms with Gasteiger partial charge in [0.05, 0.1) is 23.4 Å². The lowest BCUT2D eigenvalue weighted by Crippen LogP contribution is -2.12. The quantitative estimate of drug-likeness (QED) is 0.250. The summed E-state index contributed by atoms with van der Waals surface area (Å²) in [5.41, 5.74) is 6.68. The molecule has 190 valence electrons. The first kappa shape index (κ1) is 22.9. The molecule has 9 nitrogen and oxygen atoms in total. The number of rotatable bonds is 7. The maximum absolute atomic E-state index is 16.1. The van der Waals surface area contributed by atoms with Gasteiger partial charge in [0, 0.05) is 60.1 Å². The minimum atomic E-state index is -0.455. The average Bonchev–Trinajstić information content (AvgIpc) is 3.74. The predicted molar refractivity (Wildman–Crippen MR) is 145 cm³/mol. The molecule has 0 aliphatic heterocycles. The summed E-state index contributed by atoms with van der Waals surface area (Å²) in [4.78, 5) is 21.0. The van der Waals surface area contributed by atoms with Crippen LogP contribution in [0.2, 0.25) is 0 Å². The molecule has 0 aliphatic rings. The molecule has 0 atom stereocenters. The fraction of sp³-hybridized carbons (Fsp3) is 0.0690. The summed E-state index contributed by atoms with van der Waals surface area (Å²) >= 11 is 0. The summed E-state index contributed by atoms with van der Waals surface area (Å²) in [6, 6.07) is 15.8. The number of fused-ring (bicyclic) bond motifs is 2. The summed E-state index contributed by atoms with van der Waals surface area (Å²) in [6.07, 6.45) is 9.82. The number of aromatic nitrogens is 7. The molecule has 6 heterocycles. The van der Waals surface area contributed by atoms with Crippen molar-refractivity contribution in [3.8, 4) is 33.8 Å². The SMILES string of the molecule is Fc1c(-c2cncc(CNCc3ccccc3)c2)cnc2n[nH]c(-c3nc4nccc(-c5ccoc5)c4[nH]3)c12. The molecule has 3 N–H and O–H groups in total. The molecule has 0 saturated heterocycles. The van der Waals surface area contributed by atoms with Crippen LogP contribution < -0.4 is 5.32 Å². The zero-order chi connectivity index (χ0) is 26.2. The van der Waals surface area contributed by atoms with Crippen molar-refractivity contribution in [2.24, 2.45) is 0 Å². The second kappa shape index (κ2) is 9.58. The minimum Gasteiger partial charge on any atom is -0.472 e. The largest absolute Gasteiger partial charge is 0.472 e. The van der Waals surface area contributed by atoms with Crippen molar-refractivity contribution in [1.29, 1.82) is 0 Å². The van der Waals surface area contributed by atoms with Crippen LogP contribution in [0.4, 0.5) is 4.39 Å². The first-order valence-corrected chi connectivity index (χ1v) is 12.3. The van der Waals surface area contributed by atoms with Crippen molar-refractivity contribution < 1.29 is 8.81 Å². The van der Waals surface area contributed by atoms with E-state index in [1.807, 2.05) is 36.4 Å². The number of hydrogen-bond donors (Lipinski definition) is 3. The molecule has 1 aromatic carbocycles. The molecule has 10 heteroatoms. The van der Waals surface area contributed by atoms with E-state index in [0.29, 0.717) is 40.4 Å². The molecular weight excluding hydrogens is 495 g/mol. The Balaban J connectivity index is 1.23. The number of furan rings is 1. The zero-order valence-electron chi connectivity index (χ0n) is 20.5. The number of aromatic amines is 2. The fourth-order valence-electron chi connectivity index (χ4n) is 4.69. The van der Waals surface area contributed by atoms with Gasteiger partial charge in [0.25, 0.3) is 0 Å². The first-order chi connectivity index (χ1) is 19.2. The molecule has 0 spiro atoms. The summed E-state index contributed by atoms with van der Waals surface area (Å²) in [6.45, 7) is 1.31. The Morgan fingerprint density at radius 2 is 1.77 bits per heavy atom. The summed E-state index contributed by atoms with van der Waals surface area (Å²) < 4.78 is 21.3. The van der Waals surface area contributed by atoms with E-state index in [0.717, 1.165) is 23.2 Å². The molecule has 0 unspecified atom stereocenters. The van der Waals surface area contributed by atoms with Crippen molar-refractivity contribution in [1.82, 2.24) is 40.4 Å². The molecule has 0 radical (unpaired) electrons. The van der Waals surface area contributed by atoms with Gasteiger partial charge in [-0.3, -0.25) is 10.1 Å². The van der Waals surface area contributed by atoms with E-state index < -0.39 is 5.82 Å².